The normalized spacial score (nSPS) is 10.8. The van der Waals surface area contributed by atoms with Crippen LogP contribution in [0, 0.1) is 0 Å². The van der Waals surface area contributed by atoms with Gasteiger partial charge in [-0.25, -0.2) is 9.48 Å². The van der Waals surface area contributed by atoms with E-state index in [0.29, 0.717) is 24.7 Å². The zero-order valence-corrected chi connectivity index (χ0v) is 12.6. The summed E-state index contributed by atoms with van der Waals surface area (Å²) in [5, 5.41) is 15.3. The first-order valence-electron chi connectivity index (χ1n) is 7.24. The number of aromatic nitrogens is 6. The average Bonchev–Trinajstić information content (AvgIpc) is 3.28. The summed E-state index contributed by atoms with van der Waals surface area (Å²) >= 11 is 0. The fourth-order valence-corrected chi connectivity index (χ4v) is 2.04. The second-order valence-corrected chi connectivity index (χ2v) is 4.86. The van der Waals surface area contributed by atoms with E-state index < -0.39 is 5.97 Å². The minimum Gasteiger partial charge on any atom is -0.452 e. The highest BCUT2D eigenvalue weighted by molar-refractivity contribution is 5.86. The molecule has 3 rings (SSSR count). The Morgan fingerprint density at radius 3 is 3.09 bits per heavy atom. The Balaban J connectivity index is 1.58. The van der Waals surface area contributed by atoms with Crippen LogP contribution >= 0.6 is 0 Å². The van der Waals surface area contributed by atoms with E-state index in [1.165, 1.54) is 0 Å². The Hall–Kier alpha value is -2.97. The molecule has 9 nitrogen and oxygen atoms in total. The maximum atomic E-state index is 12.0. The number of hydrogen-bond donors (Lipinski definition) is 0. The van der Waals surface area contributed by atoms with Gasteiger partial charge in [-0.15, -0.1) is 5.10 Å². The lowest BCUT2D eigenvalue weighted by Gasteiger charge is -2.03. The Morgan fingerprint density at radius 1 is 1.39 bits per heavy atom. The highest BCUT2D eigenvalue weighted by atomic mass is 16.5. The van der Waals surface area contributed by atoms with E-state index in [2.05, 4.69) is 20.6 Å². The van der Waals surface area contributed by atoms with Crippen LogP contribution in [0.4, 0.5) is 0 Å². The molecule has 0 aliphatic heterocycles. The zero-order chi connectivity index (χ0) is 16.1. The van der Waals surface area contributed by atoms with Crippen molar-refractivity contribution in [1.82, 2.24) is 30.0 Å². The number of furan rings is 1. The SMILES string of the molecule is CCCn1nnnc1COC(=O)c1ccc(Cn2cccn2)o1. The third-order valence-electron chi connectivity index (χ3n) is 3.11. The number of carbonyl (C=O) groups is 1. The number of ether oxygens (including phenoxy) is 1. The van der Waals surface area contributed by atoms with E-state index in [0.717, 1.165) is 6.42 Å². The van der Waals surface area contributed by atoms with Gasteiger partial charge >= 0.3 is 5.97 Å². The van der Waals surface area contributed by atoms with Gasteiger partial charge in [-0.05, 0) is 35.0 Å². The molecule has 0 radical (unpaired) electrons. The van der Waals surface area contributed by atoms with Gasteiger partial charge in [0.25, 0.3) is 0 Å². The molecule has 0 aliphatic carbocycles. The van der Waals surface area contributed by atoms with E-state index in [-0.39, 0.29) is 12.4 Å². The molecule has 0 bridgehead atoms. The van der Waals surface area contributed by atoms with Gasteiger partial charge in [-0.2, -0.15) is 5.10 Å². The highest BCUT2D eigenvalue weighted by Gasteiger charge is 2.15. The fraction of sp³-hybridized carbons (Fsp3) is 0.357. The van der Waals surface area contributed by atoms with Gasteiger partial charge in [0.2, 0.25) is 5.76 Å². The summed E-state index contributed by atoms with van der Waals surface area (Å²) in [6.07, 6.45) is 4.38. The van der Waals surface area contributed by atoms with Crippen LogP contribution in [0.3, 0.4) is 0 Å². The zero-order valence-electron chi connectivity index (χ0n) is 12.6. The molecule has 3 heterocycles. The number of aryl methyl sites for hydroxylation is 1. The summed E-state index contributed by atoms with van der Waals surface area (Å²) in [5.41, 5.74) is 0. The molecule has 3 aromatic rings. The number of rotatable bonds is 7. The van der Waals surface area contributed by atoms with Crippen LogP contribution in [0.5, 0.6) is 0 Å². The van der Waals surface area contributed by atoms with Gasteiger partial charge in [0.05, 0.1) is 6.54 Å². The lowest BCUT2D eigenvalue weighted by molar-refractivity contribution is 0.0417. The third kappa shape index (κ3) is 3.62. The summed E-state index contributed by atoms with van der Waals surface area (Å²) in [6.45, 7) is 3.14. The predicted molar refractivity (Wildman–Crippen MR) is 77.3 cm³/mol. The molecule has 0 unspecified atom stereocenters. The first kappa shape index (κ1) is 14.9. The molecule has 120 valence electrons. The first-order valence-corrected chi connectivity index (χ1v) is 7.24. The van der Waals surface area contributed by atoms with Crippen LogP contribution in [0.1, 0.15) is 35.5 Å². The molecule has 0 spiro atoms. The summed E-state index contributed by atoms with van der Waals surface area (Å²) in [7, 11) is 0. The van der Waals surface area contributed by atoms with E-state index >= 15 is 0 Å². The van der Waals surface area contributed by atoms with Crippen LogP contribution < -0.4 is 0 Å². The number of tetrazole rings is 1. The Kier molecular flexibility index (Phi) is 4.46. The Bertz CT molecular complexity index is 761. The molecular formula is C14H16N6O3. The quantitative estimate of drug-likeness (QED) is 0.605. The molecule has 3 aromatic heterocycles. The third-order valence-corrected chi connectivity index (χ3v) is 3.11. The summed E-state index contributed by atoms with van der Waals surface area (Å²) < 4.78 is 14.0. The second kappa shape index (κ2) is 6.86. The van der Waals surface area contributed by atoms with Gasteiger partial charge in [0.15, 0.2) is 12.4 Å². The molecule has 0 aromatic carbocycles. The monoisotopic (exact) mass is 316 g/mol. The van der Waals surface area contributed by atoms with Crippen LogP contribution in [-0.2, 0) is 24.4 Å². The van der Waals surface area contributed by atoms with Crippen molar-refractivity contribution in [3.05, 3.63) is 47.9 Å². The molecule has 0 amide bonds. The standard InChI is InChI=1S/C14H16N6O3/c1-2-7-20-13(16-17-18-20)10-22-14(21)12-5-4-11(23-12)9-19-8-3-6-15-19/h3-6,8H,2,7,9-10H2,1H3. The van der Waals surface area contributed by atoms with Crippen LogP contribution in [-0.4, -0.2) is 36.0 Å². The van der Waals surface area contributed by atoms with Gasteiger partial charge in [-0.3, -0.25) is 4.68 Å². The van der Waals surface area contributed by atoms with Crippen molar-refractivity contribution in [2.24, 2.45) is 0 Å². The summed E-state index contributed by atoms with van der Waals surface area (Å²) in [4.78, 5) is 12.0. The van der Waals surface area contributed by atoms with Crippen molar-refractivity contribution in [2.45, 2.75) is 33.0 Å². The number of nitrogens with zero attached hydrogens (tertiary/aromatic N) is 6. The van der Waals surface area contributed by atoms with Crippen LogP contribution in [0.25, 0.3) is 0 Å². The Labute approximate surface area is 131 Å². The number of carbonyl (C=O) groups excluding carboxylic acids is 1. The molecule has 0 N–H and O–H groups in total. The average molecular weight is 316 g/mol. The van der Waals surface area contributed by atoms with Crippen LogP contribution in [0.15, 0.2) is 35.0 Å². The smallest absolute Gasteiger partial charge is 0.374 e. The van der Waals surface area contributed by atoms with E-state index in [1.54, 1.807) is 27.7 Å². The maximum Gasteiger partial charge on any atom is 0.374 e. The highest BCUT2D eigenvalue weighted by Crippen LogP contribution is 2.11. The van der Waals surface area contributed by atoms with Gasteiger partial charge < -0.3 is 9.15 Å². The van der Waals surface area contributed by atoms with Crippen molar-refractivity contribution in [2.75, 3.05) is 0 Å². The number of esters is 1. The maximum absolute atomic E-state index is 12.0. The van der Waals surface area contributed by atoms with Gasteiger partial charge in [0, 0.05) is 18.9 Å². The largest absolute Gasteiger partial charge is 0.452 e. The second-order valence-electron chi connectivity index (χ2n) is 4.86. The molecule has 0 atom stereocenters. The van der Waals surface area contributed by atoms with Crippen molar-refractivity contribution >= 4 is 5.97 Å². The molecule has 23 heavy (non-hydrogen) atoms. The first-order chi connectivity index (χ1) is 11.3. The lowest BCUT2D eigenvalue weighted by Crippen LogP contribution is -2.10. The number of hydrogen-bond acceptors (Lipinski definition) is 7. The summed E-state index contributed by atoms with van der Waals surface area (Å²) in [6, 6.07) is 5.12. The van der Waals surface area contributed by atoms with E-state index in [4.69, 9.17) is 9.15 Å². The molecule has 0 fully saturated rings. The predicted octanol–water partition coefficient (Wildman–Crippen LogP) is 1.28. The Morgan fingerprint density at radius 2 is 2.30 bits per heavy atom. The van der Waals surface area contributed by atoms with E-state index in [1.807, 2.05) is 19.2 Å². The van der Waals surface area contributed by atoms with E-state index in [9.17, 15) is 4.79 Å². The topological polar surface area (TPSA) is 101 Å². The molecule has 0 saturated carbocycles. The fourth-order valence-electron chi connectivity index (χ4n) is 2.04. The van der Waals surface area contributed by atoms with Crippen molar-refractivity contribution in [3.8, 4) is 0 Å². The van der Waals surface area contributed by atoms with Gasteiger partial charge in [0.1, 0.15) is 5.76 Å². The molecule has 0 aliphatic rings. The van der Waals surface area contributed by atoms with Gasteiger partial charge in [-0.1, -0.05) is 6.92 Å². The van der Waals surface area contributed by atoms with Crippen molar-refractivity contribution in [1.29, 1.82) is 0 Å². The van der Waals surface area contributed by atoms with Crippen molar-refractivity contribution < 1.29 is 13.9 Å². The summed E-state index contributed by atoms with van der Waals surface area (Å²) in [5.74, 6) is 0.712. The van der Waals surface area contributed by atoms with Crippen molar-refractivity contribution in [3.63, 3.8) is 0 Å². The molecule has 0 saturated heterocycles. The molecular weight excluding hydrogens is 300 g/mol. The molecule has 9 heteroatoms. The lowest BCUT2D eigenvalue weighted by atomic mass is 10.4. The minimum atomic E-state index is -0.553. The van der Waals surface area contributed by atoms with Crippen LogP contribution in [0.2, 0.25) is 0 Å². The minimum absolute atomic E-state index is 0.00101.